The zero-order chi connectivity index (χ0) is 13.0. The number of nitrogens with one attached hydrogen (secondary N) is 1. The molecule has 3 nitrogen and oxygen atoms in total. The molecule has 0 heterocycles. The Balaban J connectivity index is 1.86. The Morgan fingerprint density at radius 3 is 2.83 bits per heavy atom. The standard InChI is InChI=1S/C14H18FNO2/c1-10(14(17)16-12-6-2-3-7-12)18-13-8-4-5-11(15)9-13/h4-5,8-10,12H,2-3,6-7H2,1H3,(H,16,17). The van der Waals surface area contributed by atoms with Crippen LogP contribution >= 0.6 is 0 Å². The monoisotopic (exact) mass is 251 g/mol. The highest BCUT2D eigenvalue weighted by molar-refractivity contribution is 5.81. The van der Waals surface area contributed by atoms with Crippen LogP contribution in [-0.4, -0.2) is 18.1 Å². The average Bonchev–Trinajstić information content (AvgIpc) is 2.81. The first kappa shape index (κ1) is 12.9. The smallest absolute Gasteiger partial charge is 0.260 e. The first-order chi connectivity index (χ1) is 8.65. The molecule has 0 bridgehead atoms. The highest BCUT2D eigenvalue weighted by Crippen LogP contribution is 2.18. The number of hydrogen-bond donors (Lipinski definition) is 1. The summed E-state index contributed by atoms with van der Waals surface area (Å²) in [6.45, 7) is 1.68. The molecule has 0 aromatic heterocycles. The van der Waals surface area contributed by atoms with Crippen molar-refractivity contribution >= 4 is 5.91 Å². The van der Waals surface area contributed by atoms with Gasteiger partial charge in [-0.2, -0.15) is 0 Å². The second-order valence-electron chi connectivity index (χ2n) is 4.71. The van der Waals surface area contributed by atoms with Crippen molar-refractivity contribution in [1.29, 1.82) is 0 Å². The molecule has 1 aliphatic carbocycles. The van der Waals surface area contributed by atoms with Gasteiger partial charge in [-0.05, 0) is 31.9 Å². The van der Waals surface area contributed by atoms with Crippen molar-refractivity contribution in [2.24, 2.45) is 0 Å². The van der Waals surface area contributed by atoms with Crippen LogP contribution in [0.25, 0.3) is 0 Å². The van der Waals surface area contributed by atoms with Crippen LogP contribution in [0.4, 0.5) is 4.39 Å². The minimum atomic E-state index is -0.604. The van der Waals surface area contributed by atoms with Gasteiger partial charge in [-0.1, -0.05) is 18.9 Å². The molecule has 4 heteroatoms. The topological polar surface area (TPSA) is 38.3 Å². The number of ether oxygens (including phenoxy) is 1. The largest absolute Gasteiger partial charge is 0.481 e. The van der Waals surface area contributed by atoms with Gasteiger partial charge in [-0.3, -0.25) is 4.79 Å². The second-order valence-corrected chi connectivity index (χ2v) is 4.71. The molecule has 1 atom stereocenters. The van der Waals surface area contributed by atoms with Crippen LogP contribution in [0.1, 0.15) is 32.6 Å². The molecule has 1 aromatic carbocycles. The van der Waals surface area contributed by atoms with E-state index >= 15 is 0 Å². The van der Waals surface area contributed by atoms with Crippen LogP contribution in [-0.2, 0) is 4.79 Å². The van der Waals surface area contributed by atoms with Crippen molar-refractivity contribution in [1.82, 2.24) is 5.32 Å². The van der Waals surface area contributed by atoms with Gasteiger partial charge in [0.25, 0.3) is 5.91 Å². The maximum absolute atomic E-state index is 13.0. The minimum absolute atomic E-state index is 0.133. The van der Waals surface area contributed by atoms with E-state index in [0.717, 1.165) is 12.8 Å². The highest BCUT2D eigenvalue weighted by atomic mass is 19.1. The van der Waals surface area contributed by atoms with Gasteiger partial charge in [0, 0.05) is 12.1 Å². The Labute approximate surface area is 106 Å². The summed E-state index contributed by atoms with van der Waals surface area (Å²) in [5.74, 6) is -0.119. The number of carbonyl (C=O) groups excluding carboxylic acids is 1. The third-order valence-corrected chi connectivity index (χ3v) is 3.18. The number of amides is 1. The van der Waals surface area contributed by atoms with E-state index in [1.165, 1.54) is 25.0 Å². The molecule has 0 radical (unpaired) electrons. The van der Waals surface area contributed by atoms with Crippen LogP contribution in [0.5, 0.6) is 5.75 Å². The molecule has 18 heavy (non-hydrogen) atoms. The van der Waals surface area contributed by atoms with Crippen molar-refractivity contribution < 1.29 is 13.9 Å². The minimum Gasteiger partial charge on any atom is -0.481 e. The molecule has 1 amide bonds. The third kappa shape index (κ3) is 3.45. The zero-order valence-electron chi connectivity index (χ0n) is 10.5. The van der Waals surface area contributed by atoms with Crippen LogP contribution in [0.2, 0.25) is 0 Å². The van der Waals surface area contributed by atoms with E-state index in [0.29, 0.717) is 5.75 Å². The van der Waals surface area contributed by atoms with E-state index < -0.39 is 6.10 Å². The van der Waals surface area contributed by atoms with Gasteiger partial charge in [0.2, 0.25) is 0 Å². The number of benzene rings is 1. The fraction of sp³-hybridized carbons (Fsp3) is 0.500. The summed E-state index contributed by atoms with van der Waals surface area (Å²) in [5.41, 5.74) is 0. The van der Waals surface area contributed by atoms with Gasteiger partial charge in [-0.25, -0.2) is 4.39 Å². The summed E-state index contributed by atoms with van der Waals surface area (Å²) >= 11 is 0. The quantitative estimate of drug-likeness (QED) is 0.893. The van der Waals surface area contributed by atoms with Gasteiger partial charge in [-0.15, -0.1) is 0 Å². The normalized spacial score (nSPS) is 17.4. The Hall–Kier alpha value is -1.58. The summed E-state index contributed by atoms with van der Waals surface area (Å²) in [5, 5.41) is 2.96. The number of rotatable bonds is 4. The van der Waals surface area contributed by atoms with E-state index in [9.17, 15) is 9.18 Å². The van der Waals surface area contributed by atoms with E-state index in [2.05, 4.69) is 5.32 Å². The van der Waals surface area contributed by atoms with Gasteiger partial charge in [0.15, 0.2) is 6.10 Å². The van der Waals surface area contributed by atoms with Crippen LogP contribution in [0.15, 0.2) is 24.3 Å². The number of halogens is 1. The molecule has 1 unspecified atom stereocenters. The molecule has 0 spiro atoms. The van der Waals surface area contributed by atoms with Crippen molar-refractivity contribution in [3.05, 3.63) is 30.1 Å². The summed E-state index contributed by atoms with van der Waals surface area (Å²) in [7, 11) is 0. The zero-order valence-corrected chi connectivity index (χ0v) is 10.5. The van der Waals surface area contributed by atoms with Gasteiger partial charge < -0.3 is 10.1 Å². The molecule has 1 saturated carbocycles. The van der Waals surface area contributed by atoms with Crippen LogP contribution < -0.4 is 10.1 Å². The van der Waals surface area contributed by atoms with E-state index in [-0.39, 0.29) is 17.8 Å². The summed E-state index contributed by atoms with van der Waals surface area (Å²) in [4.78, 5) is 11.9. The molecule has 98 valence electrons. The Morgan fingerprint density at radius 1 is 1.44 bits per heavy atom. The lowest BCUT2D eigenvalue weighted by Crippen LogP contribution is -2.41. The summed E-state index contributed by atoms with van der Waals surface area (Å²) in [6, 6.07) is 6.10. The van der Waals surface area contributed by atoms with Crippen molar-refractivity contribution in [2.45, 2.75) is 44.8 Å². The van der Waals surface area contributed by atoms with Gasteiger partial charge in [0.1, 0.15) is 11.6 Å². The lowest BCUT2D eigenvalue weighted by Gasteiger charge is -2.18. The summed E-state index contributed by atoms with van der Waals surface area (Å²) in [6.07, 6.45) is 3.82. The molecule has 0 saturated heterocycles. The predicted octanol–water partition coefficient (Wildman–Crippen LogP) is 2.65. The maximum atomic E-state index is 13.0. The van der Waals surface area contributed by atoms with E-state index in [1.54, 1.807) is 19.1 Å². The van der Waals surface area contributed by atoms with Crippen molar-refractivity contribution in [3.63, 3.8) is 0 Å². The highest BCUT2D eigenvalue weighted by Gasteiger charge is 2.21. The predicted molar refractivity (Wildman–Crippen MR) is 66.9 cm³/mol. The fourth-order valence-electron chi connectivity index (χ4n) is 2.19. The SMILES string of the molecule is CC(Oc1cccc(F)c1)C(=O)NC1CCCC1. The average molecular weight is 251 g/mol. The lowest BCUT2D eigenvalue weighted by atomic mass is 10.2. The molecular weight excluding hydrogens is 233 g/mol. The van der Waals surface area contributed by atoms with Crippen molar-refractivity contribution in [3.8, 4) is 5.75 Å². The Bertz CT molecular complexity index is 416. The molecule has 1 fully saturated rings. The maximum Gasteiger partial charge on any atom is 0.260 e. The summed E-state index contributed by atoms with van der Waals surface area (Å²) < 4.78 is 18.4. The molecule has 0 aliphatic heterocycles. The van der Waals surface area contributed by atoms with Crippen molar-refractivity contribution in [2.75, 3.05) is 0 Å². The molecule has 1 aromatic rings. The van der Waals surface area contributed by atoms with E-state index in [4.69, 9.17) is 4.74 Å². The van der Waals surface area contributed by atoms with E-state index in [1.807, 2.05) is 0 Å². The number of carbonyl (C=O) groups is 1. The molecular formula is C14H18FNO2. The number of hydrogen-bond acceptors (Lipinski definition) is 2. The molecule has 2 rings (SSSR count). The van der Waals surface area contributed by atoms with Gasteiger partial charge in [0.05, 0.1) is 0 Å². The Kier molecular flexibility index (Phi) is 4.18. The van der Waals surface area contributed by atoms with Crippen LogP contribution in [0, 0.1) is 5.82 Å². The lowest BCUT2D eigenvalue weighted by molar-refractivity contribution is -0.127. The Morgan fingerprint density at radius 2 is 2.17 bits per heavy atom. The second kappa shape index (κ2) is 5.85. The van der Waals surface area contributed by atoms with Crippen LogP contribution in [0.3, 0.4) is 0 Å². The fourth-order valence-corrected chi connectivity index (χ4v) is 2.19. The first-order valence-corrected chi connectivity index (χ1v) is 6.38. The third-order valence-electron chi connectivity index (χ3n) is 3.18. The molecule has 1 N–H and O–H groups in total. The van der Waals surface area contributed by atoms with Gasteiger partial charge >= 0.3 is 0 Å². The first-order valence-electron chi connectivity index (χ1n) is 6.38. The molecule has 1 aliphatic rings.